The van der Waals surface area contributed by atoms with Crippen LogP contribution in [0.5, 0.6) is 0 Å². The Morgan fingerprint density at radius 3 is 0.870 bits per heavy atom. The predicted molar refractivity (Wildman–Crippen MR) is 423 cm³/mol. The van der Waals surface area contributed by atoms with Crippen LogP contribution < -0.4 is 0 Å². The van der Waals surface area contributed by atoms with Gasteiger partial charge < -0.3 is 18.3 Å². The highest BCUT2D eigenvalue weighted by atomic mass is 15.0. The van der Waals surface area contributed by atoms with Crippen molar-refractivity contribution in [2.75, 3.05) is 0 Å². The van der Waals surface area contributed by atoms with Crippen molar-refractivity contribution in [1.29, 1.82) is 0 Å². The minimum Gasteiger partial charge on any atom is -0.309 e. The molecule has 0 aliphatic heterocycles. The number of hydrogen-bond acceptors (Lipinski definition) is 0. The maximum Gasteiger partial charge on any atom is 0.0548 e. The number of benzene rings is 16. The Morgan fingerprint density at radius 2 is 0.380 bits per heavy atom. The number of para-hydroxylation sites is 3. The molecule has 4 nitrogen and oxygen atoms in total. The zero-order chi connectivity index (χ0) is 66.0. The second-order valence-electron chi connectivity index (χ2n) is 26.0. The zero-order valence-corrected chi connectivity index (χ0v) is 54.7. The molecule has 0 radical (unpaired) electrons. The number of hydrogen-bond donors (Lipinski definition) is 0. The third-order valence-electron chi connectivity index (χ3n) is 20.2. The minimum atomic E-state index is 1.15. The molecule has 0 bridgehead atoms. The fourth-order valence-electron chi connectivity index (χ4n) is 15.5. The van der Waals surface area contributed by atoms with Crippen LogP contribution in [0.4, 0.5) is 0 Å². The van der Waals surface area contributed by atoms with Gasteiger partial charge in [-0.3, -0.25) is 0 Å². The Labute approximate surface area is 579 Å². The van der Waals surface area contributed by atoms with E-state index in [-0.39, 0.29) is 0 Å². The summed E-state index contributed by atoms with van der Waals surface area (Å²) in [6.07, 6.45) is 0. The van der Waals surface area contributed by atoms with Crippen LogP contribution >= 0.6 is 0 Å². The van der Waals surface area contributed by atoms with Crippen LogP contribution in [-0.2, 0) is 0 Å². The first-order valence-electron chi connectivity index (χ1n) is 34.4. The summed E-state index contributed by atoms with van der Waals surface area (Å²) in [5.74, 6) is 0. The monoisotopic (exact) mass is 1270 g/mol. The van der Waals surface area contributed by atoms with E-state index in [9.17, 15) is 0 Å². The Kier molecular flexibility index (Phi) is 14.2. The molecule has 0 aliphatic rings. The van der Waals surface area contributed by atoms with E-state index in [0.717, 1.165) is 22.7 Å². The summed E-state index contributed by atoms with van der Waals surface area (Å²) in [5, 5.41) is 9.93. The standard InChI is InChI=1S/2C48H32N2/c1-5-15-33(16-6-1)36-25-26-42-44-32-48-43(31-47(44)49(46(42)30-36)39-21-11-4-12-22-39)41-23-13-14-24-45(41)50(48)40-28-37(34-17-7-2-8-18-34)27-38(29-40)35-19-9-3-10-20-35;1-4-13-33(14-5-1)36-23-26-39(27-24-36)49-46-28-25-38(35-17-8-3-9-18-35)30-42(46)44-32-47-43(31-48(44)49)41-21-10-11-22-45(41)50(47)40-20-12-19-37(29-40)34-15-6-2-7-16-34/h2*1-32H. The molecule has 0 N–H and O–H groups in total. The van der Waals surface area contributed by atoms with Crippen molar-refractivity contribution in [1.82, 2.24) is 18.3 Å². The van der Waals surface area contributed by atoms with Gasteiger partial charge in [-0.25, -0.2) is 0 Å². The van der Waals surface area contributed by atoms with Crippen molar-refractivity contribution in [2.24, 2.45) is 0 Å². The Morgan fingerprint density at radius 1 is 0.110 bits per heavy atom. The molecule has 0 spiro atoms. The molecule has 0 fully saturated rings. The maximum absolute atomic E-state index is 2.47. The van der Waals surface area contributed by atoms with Crippen LogP contribution in [0.15, 0.2) is 388 Å². The molecular weight excluding hydrogens is 1210 g/mol. The Bertz CT molecular complexity index is 6390. The highest BCUT2D eigenvalue weighted by Gasteiger charge is 2.23. The van der Waals surface area contributed by atoms with Crippen molar-refractivity contribution in [3.63, 3.8) is 0 Å². The van der Waals surface area contributed by atoms with Gasteiger partial charge in [0.05, 0.1) is 44.1 Å². The molecule has 100 heavy (non-hydrogen) atoms. The van der Waals surface area contributed by atoms with Gasteiger partial charge in [-0.05, 0) is 176 Å². The Hall–Kier alpha value is -13.3. The lowest BCUT2D eigenvalue weighted by atomic mass is 9.98. The summed E-state index contributed by atoms with van der Waals surface area (Å²) < 4.78 is 9.78. The van der Waals surface area contributed by atoms with Crippen LogP contribution in [0, 0.1) is 0 Å². The highest BCUT2D eigenvalue weighted by Crippen LogP contribution is 2.45. The molecule has 20 aromatic rings. The van der Waals surface area contributed by atoms with Gasteiger partial charge >= 0.3 is 0 Å². The third kappa shape index (κ3) is 10.1. The van der Waals surface area contributed by atoms with Gasteiger partial charge in [0.25, 0.3) is 0 Å². The molecule has 0 unspecified atom stereocenters. The van der Waals surface area contributed by atoms with Gasteiger partial charge in [0.15, 0.2) is 0 Å². The molecule has 0 saturated carbocycles. The van der Waals surface area contributed by atoms with E-state index in [0.29, 0.717) is 0 Å². The summed E-state index contributed by atoms with van der Waals surface area (Å²) in [6, 6.07) is 141. The molecule has 0 aliphatic carbocycles. The summed E-state index contributed by atoms with van der Waals surface area (Å²) in [5.41, 5.74) is 28.7. The zero-order valence-electron chi connectivity index (χ0n) is 54.7. The van der Waals surface area contributed by atoms with E-state index in [1.165, 1.54) is 154 Å². The molecule has 4 aromatic heterocycles. The van der Waals surface area contributed by atoms with Gasteiger partial charge in [0.1, 0.15) is 0 Å². The molecule has 468 valence electrons. The molecule has 0 saturated heterocycles. The largest absolute Gasteiger partial charge is 0.309 e. The minimum absolute atomic E-state index is 1.15. The second-order valence-corrected chi connectivity index (χ2v) is 26.0. The molecule has 16 aromatic carbocycles. The first-order chi connectivity index (χ1) is 49.6. The molecule has 0 atom stereocenters. The van der Waals surface area contributed by atoms with Crippen LogP contribution in [-0.4, -0.2) is 18.3 Å². The average molecular weight is 1270 g/mol. The lowest BCUT2D eigenvalue weighted by Gasteiger charge is -2.14. The smallest absolute Gasteiger partial charge is 0.0548 e. The van der Waals surface area contributed by atoms with E-state index in [1.54, 1.807) is 0 Å². The first-order valence-corrected chi connectivity index (χ1v) is 34.4. The van der Waals surface area contributed by atoms with Gasteiger partial charge in [0.2, 0.25) is 0 Å². The Balaban J connectivity index is 0.000000139. The van der Waals surface area contributed by atoms with Crippen molar-refractivity contribution in [3.8, 4) is 89.5 Å². The van der Waals surface area contributed by atoms with Crippen LogP contribution in [0.25, 0.3) is 177 Å². The summed E-state index contributed by atoms with van der Waals surface area (Å²) in [7, 11) is 0. The molecule has 20 rings (SSSR count). The van der Waals surface area contributed by atoms with Gasteiger partial charge in [-0.15, -0.1) is 0 Å². The van der Waals surface area contributed by atoms with Gasteiger partial charge in [-0.2, -0.15) is 0 Å². The number of aromatic nitrogens is 4. The van der Waals surface area contributed by atoms with E-state index < -0.39 is 0 Å². The fourth-order valence-corrected chi connectivity index (χ4v) is 15.5. The predicted octanol–water partition coefficient (Wildman–Crippen LogP) is 25.8. The van der Waals surface area contributed by atoms with Gasteiger partial charge in [-0.1, -0.05) is 279 Å². The summed E-state index contributed by atoms with van der Waals surface area (Å²) >= 11 is 0. The first kappa shape index (κ1) is 58.1. The van der Waals surface area contributed by atoms with Crippen LogP contribution in [0.1, 0.15) is 0 Å². The topological polar surface area (TPSA) is 19.7 Å². The molecular formula is C96H64N4. The molecule has 4 heterocycles. The summed E-state index contributed by atoms with van der Waals surface area (Å²) in [6.45, 7) is 0. The lowest BCUT2D eigenvalue weighted by molar-refractivity contribution is 1.17. The van der Waals surface area contributed by atoms with Crippen molar-refractivity contribution in [2.45, 2.75) is 0 Å². The SMILES string of the molecule is c1ccc(-c2cc(-c3ccccc3)cc(-n3c4ccccc4c4cc5c(cc43)c3ccc(-c4ccccc4)cc3n5-c3ccccc3)c2)cc1.c1ccc(-c2ccc(-n3c4ccc(-c5ccccc5)cc4c4cc5c(cc43)c3ccccc3n5-c3cccc(-c4ccccc4)c3)cc2)cc1. The van der Waals surface area contributed by atoms with Gasteiger partial charge in [0, 0.05) is 65.8 Å². The highest BCUT2D eigenvalue weighted by molar-refractivity contribution is 6.21. The lowest BCUT2D eigenvalue weighted by Crippen LogP contribution is -1.96. The van der Waals surface area contributed by atoms with Crippen molar-refractivity contribution in [3.05, 3.63) is 388 Å². The fraction of sp³-hybridized carbons (Fsp3) is 0. The van der Waals surface area contributed by atoms with Crippen molar-refractivity contribution < 1.29 is 0 Å². The number of fused-ring (bicyclic) bond motifs is 12. The maximum atomic E-state index is 2.47. The third-order valence-corrected chi connectivity index (χ3v) is 20.2. The molecule has 4 heteroatoms. The average Bonchev–Trinajstić information content (AvgIpc) is 1.56. The normalized spacial score (nSPS) is 11.6. The van der Waals surface area contributed by atoms with Crippen molar-refractivity contribution >= 4 is 87.2 Å². The van der Waals surface area contributed by atoms with E-state index in [1.807, 2.05) is 0 Å². The van der Waals surface area contributed by atoms with Crippen LogP contribution in [0.2, 0.25) is 0 Å². The van der Waals surface area contributed by atoms with E-state index >= 15 is 0 Å². The van der Waals surface area contributed by atoms with E-state index in [2.05, 4.69) is 407 Å². The van der Waals surface area contributed by atoms with Crippen LogP contribution in [0.3, 0.4) is 0 Å². The van der Waals surface area contributed by atoms with E-state index in [4.69, 9.17) is 0 Å². The number of nitrogens with zero attached hydrogens (tertiary/aromatic N) is 4. The second kappa shape index (κ2) is 24.4. The summed E-state index contributed by atoms with van der Waals surface area (Å²) in [4.78, 5) is 0. The molecule has 0 amide bonds. The number of rotatable bonds is 10. The quantitative estimate of drug-likeness (QED) is 0.130.